The maximum absolute atomic E-state index is 12.3. The van der Waals surface area contributed by atoms with Crippen LogP contribution >= 0.6 is 0 Å². The first kappa shape index (κ1) is 17.9. The second kappa shape index (κ2) is 8.48. The van der Waals surface area contributed by atoms with Gasteiger partial charge in [0.15, 0.2) is 5.76 Å². The van der Waals surface area contributed by atoms with Crippen LogP contribution in [0.4, 0.5) is 11.4 Å². The van der Waals surface area contributed by atoms with Crippen molar-refractivity contribution in [1.29, 1.82) is 0 Å². The highest BCUT2D eigenvalue weighted by atomic mass is 16.6. The normalized spacial score (nSPS) is 10.6. The molecular weight excluding hydrogens is 346 g/mol. The van der Waals surface area contributed by atoms with Crippen molar-refractivity contribution in [3.63, 3.8) is 0 Å². The zero-order valence-corrected chi connectivity index (χ0v) is 14.5. The third-order valence-corrected chi connectivity index (χ3v) is 3.63. The Balaban J connectivity index is 1.59. The quantitative estimate of drug-likeness (QED) is 0.515. The van der Waals surface area contributed by atoms with Crippen LogP contribution in [0.15, 0.2) is 76.5 Å². The first-order chi connectivity index (χ1) is 13.2. The molecule has 0 fully saturated rings. The number of nitrogens with one attached hydrogen (secondary N) is 2. The number of carbonyl (C=O) groups excluding carboxylic acids is 2. The van der Waals surface area contributed by atoms with Gasteiger partial charge in [0.2, 0.25) is 0 Å². The molecule has 0 bridgehead atoms. The van der Waals surface area contributed by atoms with Gasteiger partial charge in [-0.2, -0.15) is 0 Å². The summed E-state index contributed by atoms with van der Waals surface area (Å²) in [6.45, 7) is 0. The average molecular weight is 363 g/mol. The van der Waals surface area contributed by atoms with Gasteiger partial charge in [0.25, 0.3) is 11.8 Å². The van der Waals surface area contributed by atoms with E-state index in [2.05, 4.69) is 20.6 Å². The molecule has 3 aromatic rings. The molecule has 2 aromatic carbocycles. The van der Waals surface area contributed by atoms with Crippen molar-refractivity contribution in [2.24, 2.45) is 5.16 Å². The molecule has 7 heteroatoms. The van der Waals surface area contributed by atoms with Crippen molar-refractivity contribution >= 4 is 29.4 Å². The fraction of sp³-hybridized carbons (Fsp3) is 0.0500. The van der Waals surface area contributed by atoms with Crippen LogP contribution in [-0.4, -0.2) is 25.1 Å². The maximum atomic E-state index is 12.3. The first-order valence-corrected chi connectivity index (χ1v) is 8.08. The van der Waals surface area contributed by atoms with E-state index in [0.29, 0.717) is 16.9 Å². The molecule has 1 heterocycles. The Morgan fingerprint density at radius 1 is 0.926 bits per heavy atom. The summed E-state index contributed by atoms with van der Waals surface area (Å²) in [5.41, 5.74) is 2.54. The standard InChI is InChI=1S/C20H17N3O4/c1-26-21-13-14-4-6-15(7-5-14)19(24)22-16-8-10-17(11-9-16)23-20(25)18-3-2-12-27-18/h2-13H,1H3,(H,22,24)(H,23,25)/b21-13+. The first-order valence-electron chi connectivity index (χ1n) is 8.08. The average Bonchev–Trinajstić information content (AvgIpc) is 3.23. The third-order valence-electron chi connectivity index (χ3n) is 3.63. The molecule has 3 rings (SSSR count). The highest BCUT2D eigenvalue weighted by Crippen LogP contribution is 2.16. The van der Waals surface area contributed by atoms with E-state index >= 15 is 0 Å². The zero-order valence-electron chi connectivity index (χ0n) is 14.5. The Morgan fingerprint density at radius 2 is 1.56 bits per heavy atom. The Labute approximate surface area is 155 Å². The number of hydrogen-bond donors (Lipinski definition) is 2. The molecule has 0 unspecified atom stereocenters. The molecule has 136 valence electrons. The molecule has 0 saturated heterocycles. The zero-order chi connectivity index (χ0) is 19.1. The van der Waals surface area contributed by atoms with Gasteiger partial charge in [0.1, 0.15) is 7.11 Å². The molecule has 0 aliphatic rings. The summed E-state index contributed by atoms with van der Waals surface area (Å²) < 4.78 is 5.04. The van der Waals surface area contributed by atoms with Crippen LogP contribution in [0.1, 0.15) is 26.5 Å². The van der Waals surface area contributed by atoms with Gasteiger partial charge in [-0.3, -0.25) is 9.59 Å². The van der Waals surface area contributed by atoms with E-state index in [-0.39, 0.29) is 17.6 Å². The molecule has 0 aliphatic heterocycles. The van der Waals surface area contributed by atoms with Crippen molar-refractivity contribution in [3.8, 4) is 0 Å². The number of benzene rings is 2. The fourth-order valence-corrected chi connectivity index (χ4v) is 2.27. The highest BCUT2D eigenvalue weighted by molar-refractivity contribution is 6.05. The van der Waals surface area contributed by atoms with Crippen LogP contribution in [0.5, 0.6) is 0 Å². The summed E-state index contributed by atoms with van der Waals surface area (Å²) >= 11 is 0. The second-order valence-corrected chi connectivity index (χ2v) is 5.50. The Morgan fingerprint density at radius 3 is 2.11 bits per heavy atom. The van der Waals surface area contributed by atoms with Crippen molar-refractivity contribution in [2.45, 2.75) is 0 Å². The molecule has 0 saturated carbocycles. The smallest absolute Gasteiger partial charge is 0.291 e. The van der Waals surface area contributed by atoms with Gasteiger partial charge >= 0.3 is 0 Å². The lowest BCUT2D eigenvalue weighted by Gasteiger charge is -2.07. The molecule has 7 nitrogen and oxygen atoms in total. The van der Waals surface area contributed by atoms with Gasteiger partial charge in [-0.1, -0.05) is 17.3 Å². The van der Waals surface area contributed by atoms with Crippen LogP contribution < -0.4 is 10.6 Å². The number of furan rings is 1. The molecule has 0 spiro atoms. The predicted octanol–water partition coefficient (Wildman–Crippen LogP) is 3.76. The largest absolute Gasteiger partial charge is 0.459 e. The van der Waals surface area contributed by atoms with Crippen LogP contribution in [-0.2, 0) is 4.84 Å². The Kier molecular flexibility index (Phi) is 5.64. The molecule has 0 radical (unpaired) electrons. The molecule has 0 atom stereocenters. The van der Waals surface area contributed by atoms with E-state index in [4.69, 9.17) is 4.42 Å². The van der Waals surface area contributed by atoms with Gasteiger partial charge < -0.3 is 19.9 Å². The highest BCUT2D eigenvalue weighted by Gasteiger charge is 2.09. The number of rotatable bonds is 6. The molecule has 1 aromatic heterocycles. The van der Waals surface area contributed by atoms with Gasteiger partial charge in [-0.05, 0) is 54.1 Å². The molecule has 0 aliphatic carbocycles. The number of anilines is 2. The number of amides is 2. The number of hydrogen-bond acceptors (Lipinski definition) is 5. The molecule has 2 N–H and O–H groups in total. The minimum absolute atomic E-state index is 0.228. The summed E-state index contributed by atoms with van der Waals surface area (Å²) in [4.78, 5) is 28.8. The lowest BCUT2D eigenvalue weighted by Crippen LogP contribution is -2.13. The molecule has 27 heavy (non-hydrogen) atoms. The number of carbonyl (C=O) groups is 2. The number of nitrogens with zero attached hydrogens (tertiary/aromatic N) is 1. The predicted molar refractivity (Wildman–Crippen MR) is 102 cm³/mol. The topological polar surface area (TPSA) is 92.9 Å². The minimum Gasteiger partial charge on any atom is -0.459 e. The van der Waals surface area contributed by atoms with Gasteiger partial charge in [0.05, 0.1) is 12.5 Å². The second-order valence-electron chi connectivity index (χ2n) is 5.50. The van der Waals surface area contributed by atoms with Crippen molar-refractivity contribution in [2.75, 3.05) is 17.7 Å². The van der Waals surface area contributed by atoms with Crippen molar-refractivity contribution in [1.82, 2.24) is 0 Å². The van der Waals surface area contributed by atoms with Crippen LogP contribution in [0.2, 0.25) is 0 Å². The lowest BCUT2D eigenvalue weighted by atomic mass is 10.1. The van der Waals surface area contributed by atoms with E-state index in [1.807, 2.05) is 0 Å². The van der Waals surface area contributed by atoms with Crippen LogP contribution in [0, 0.1) is 0 Å². The number of oxime groups is 1. The van der Waals surface area contributed by atoms with Crippen LogP contribution in [0.3, 0.4) is 0 Å². The van der Waals surface area contributed by atoms with Crippen molar-refractivity contribution < 1.29 is 18.8 Å². The maximum Gasteiger partial charge on any atom is 0.291 e. The van der Waals surface area contributed by atoms with E-state index in [1.54, 1.807) is 66.9 Å². The van der Waals surface area contributed by atoms with E-state index < -0.39 is 0 Å². The summed E-state index contributed by atoms with van der Waals surface area (Å²) in [5, 5.41) is 9.18. The summed E-state index contributed by atoms with van der Waals surface area (Å²) in [7, 11) is 1.46. The van der Waals surface area contributed by atoms with E-state index in [9.17, 15) is 9.59 Å². The summed E-state index contributed by atoms with van der Waals surface area (Å²) in [6, 6.07) is 17.0. The monoisotopic (exact) mass is 363 g/mol. The summed E-state index contributed by atoms with van der Waals surface area (Å²) in [6.07, 6.45) is 2.99. The Hall–Kier alpha value is -3.87. The van der Waals surface area contributed by atoms with Gasteiger partial charge in [-0.15, -0.1) is 0 Å². The minimum atomic E-state index is -0.339. The Bertz CT molecular complexity index is 930. The fourth-order valence-electron chi connectivity index (χ4n) is 2.27. The van der Waals surface area contributed by atoms with Gasteiger partial charge in [0, 0.05) is 16.9 Å². The lowest BCUT2D eigenvalue weighted by molar-refractivity contribution is 0.0994. The van der Waals surface area contributed by atoms with Crippen molar-refractivity contribution in [3.05, 3.63) is 83.8 Å². The van der Waals surface area contributed by atoms with E-state index in [1.165, 1.54) is 13.4 Å². The third kappa shape index (κ3) is 4.82. The summed E-state index contributed by atoms with van der Waals surface area (Å²) in [5.74, 6) is -0.349. The molecule has 2 amide bonds. The van der Waals surface area contributed by atoms with Crippen LogP contribution in [0.25, 0.3) is 0 Å². The van der Waals surface area contributed by atoms with E-state index in [0.717, 1.165) is 5.56 Å². The SMILES string of the molecule is CO/N=C/c1ccc(C(=O)Nc2ccc(NC(=O)c3ccco3)cc2)cc1. The molecular formula is C20H17N3O4. The van der Waals surface area contributed by atoms with Gasteiger partial charge in [-0.25, -0.2) is 0 Å².